The van der Waals surface area contributed by atoms with Gasteiger partial charge in [-0.1, -0.05) is 54.6 Å². The number of carbonyl (C=O) groups is 3. The first-order valence-corrected chi connectivity index (χ1v) is 13.6. The molecule has 3 aromatic rings. The number of fused-ring (bicyclic) bond motifs is 1. The van der Waals surface area contributed by atoms with Crippen molar-refractivity contribution in [3.63, 3.8) is 0 Å². The smallest absolute Gasteiger partial charge is 0.269 e. The molecule has 38 heavy (non-hydrogen) atoms. The number of nitrogens with one attached hydrogen (secondary N) is 1. The second-order valence-corrected chi connectivity index (χ2v) is 10.8. The van der Waals surface area contributed by atoms with E-state index in [-0.39, 0.29) is 54.6 Å². The van der Waals surface area contributed by atoms with Gasteiger partial charge in [-0.2, -0.15) is 0 Å². The fraction of sp³-hybridized carbons (Fsp3) is 0.250. The largest absolute Gasteiger partial charge is 0.357 e. The standard InChI is InChI=1S/C28H28FN3O5S/c1-30-27(34)24(18-20-8-3-2-4-9-20)31(19-21-13-15-22(29)16-14-21)26(33)12-7-17-32-28(35)23-10-5-6-11-25(23)38(32,36)37/h2-6,8-11,13-16,24H,7,12,17-19H2,1H3,(H,30,34)/t24-/m0/s1. The summed E-state index contributed by atoms with van der Waals surface area (Å²) >= 11 is 0. The molecule has 0 radical (unpaired) electrons. The summed E-state index contributed by atoms with van der Waals surface area (Å²) < 4.78 is 40.0. The summed E-state index contributed by atoms with van der Waals surface area (Å²) in [5.74, 6) is -1.79. The highest BCUT2D eigenvalue weighted by molar-refractivity contribution is 7.90. The van der Waals surface area contributed by atoms with Crippen LogP contribution in [0.2, 0.25) is 0 Å². The summed E-state index contributed by atoms with van der Waals surface area (Å²) in [5.41, 5.74) is 1.60. The van der Waals surface area contributed by atoms with Crippen LogP contribution in [-0.2, 0) is 32.6 Å². The van der Waals surface area contributed by atoms with Gasteiger partial charge in [0.1, 0.15) is 16.8 Å². The van der Waals surface area contributed by atoms with Gasteiger partial charge in [-0.3, -0.25) is 14.4 Å². The fourth-order valence-electron chi connectivity index (χ4n) is 4.48. The average Bonchev–Trinajstić information content (AvgIpc) is 3.12. The highest BCUT2D eigenvalue weighted by Crippen LogP contribution is 2.30. The molecule has 1 aliphatic heterocycles. The van der Waals surface area contributed by atoms with Crippen molar-refractivity contribution in [3.05, 3.63) is 101 Å². The van der Waals surface area contributed by atoms with E-state index in [2.05, 4.69) is 5.32 Å². The zero-order chi connectivity index (χ0) is 27.3. The maximum atomic E-state index is 13.5. The molecule has 1 heterocycles. The molecule has 1 aliphatic rings. The van der Waals surface area contributed by atoms with E-state index in [4.69, 9.17) is 0 Å². The number of hydrogen-bond donors (Lipinski definition) is 1. The molecule has 3 amide bonds. The Morgan fingerprint density at radius 2 is 1.61 bits per heavy atom. The quantitative estimate of drug-likeness (QED) is 0.428. The molecule has 0 fully saturated rings. The molecule has 0 aromatic heterocycles. The first-order chi connectivity index (χ1) is 18.2. The first-order valence-electron chi connectivity index (χ1n) is 12.2. The minimum atomic E-state index is -3.98. The Hall–Kier alpha value is -4.05. The van der Waals surface area contributed by atoms with E-state index in [1.54, 1.807) is 24.3 Å². The van der Waals surface area contributed by atoms with Gasteiger partial charge in [-0.05, 0) is 41.8 Å². The van der Waals surface area contributed by atoms with Crippen LogP contribution in [0.1, 0.15) is 34.3 Å². The van der Waals surface area contributed by atoms with Gasteiger partial charge in [-0.25, -0.2) is 17.1 Å². The molecular formula is C28H28FN3O5S. The number of hydrogen-bond acceptors (Lipinski definition) is 5. The van der Waals surface area contributed by atoms with Crippen molar-refractivity contribution in [3.8, 4) is 0 Å². The van der Waals surface area contributed by atoms with Gasteiger partial charge < -0.3 is 10.2 Å². The summed E-state index contributed by atoms with van der Waals surface area (Å²) in [6.45, 7) is -0.119. The lowest BCUT2D eigenvalue weighted by molar-refractivity contribution is -0.141. The molecule has 0 bridgehead atoms. The summed E-state index contributed by atoms with van der Waals surface area (Å²) in [6.07, 6.45) is 0.227. The maximum absolute atomic E-state index is 13.5. The Kier molecular flexibility index (Phi) is 8.21. The van der Waals surface area contributed by atoms with E-state index in [9.17, 15) is 27.2 Å². The van der Waals surface area contributed by atoms with Crippen LogP contribution in [0.25, 0.3) is 0 Å². The number of amides is 3. The van der Waals surface area contributed by atoms with Crippen molar-refractivity contribution >= 4 is 27.7 Å². The lowest BCUT2D eigenvalue weighted by Crippen LogP contribution is -2.49. The minimum absolute atomic E-state index is 0.0446. The van der Waals surface area contributed by atoms with Crippen LogP contribution in [0.15, 0.2) is 83.8 Å². The van der Waals surface area contributed by atoms with Crippen molar-refractivity contribution in [2.75, 3.05) is 13.6 Å². The third-order valence-electron chi connectivity index (χ3n) is 6.45. The van der Waals surface area contributed by atoms with Crippen LogP contribution in [0.3, 0.4) is 0 Å². The zero-order valence-corrected chi connectivity index (χ0v) is 21.7. The molecule has 4 rings (SSSR count). The molecule has 3 aromatic carbocycles. The predicted molar refractivity (Wildman–Crippen MR) is 139 cm³/mol. The highest BCUT2D eigenvalue weighted by Gasteiger charge is 2.40. The summed E-state index contributed by atoms with van der Waals surface area (Å²) in [4.78, 5) is 40.5. The third kappa shape index (κ3) is 5.75. The van der Waals surface area contributed by atoms with Crippen LogP contribution in [0, 0.1) is 5.82 Å². The van der Waals surface area contributed by atoms with Gasteiger partial charge in [0.15, 0.2) is 0 Å². The zero-order valence-electron chi connectivity index (χ0n) is 20.8. The van der Waals surface area contributed by atoms with Gasteiger partial charge in [0, 0.05) is 33.0 Å². The normalized spacial score (nSPS) is 14.6. The maximum Gasteiger partial charge on any atom is 0.269 e. The van der Waals surface area contributed by atoms with Gasteiger partial charge in [-0.15, -0.1) is 0 Å². The number of carbonyl (C=O) groups excluding carboxylic acids is 3. The Balaban J connectivity index is 1.53. The van der Waals surface area contributed by atoms with Crippen molar-refractivity contribution in [1.82, 2.24) is 14.5 Å². The van der Waals surface area contributed by atoms with E-state index >= 15 is 0 Å². The molecule has 0 spiro atoms. The van der Waals surface area contributed by atoms with Crippen molar-refractivity contribution in [2.45, 2.75) is 36.7 Å². The van der Waals surface area contributed by atoms with E-state index in [0.717, 1.165) is 9.87 Å². The lowest BCUT2D eigenvalue weighted by atomic mass is 10.0. The van der Waals surface area contributed by atoms with Crippen LogP contribution >= 0.6 is 0 Å². The number of rotatable bonds is 10. The second kappa shape index (κ2) is 11.6. The fourth-order valence-corrected chi connectivity index (χ4v) is 6.08. The molecule has 198 valence electrons. The first kappa shape index (κ1) is 27.0. The molecule has 0 saturated heterocycles. The van der Waals surface area contributed by atoms with Gasteiger partial charge >= 0.3 is 0 Å². The Bertz CT molecular complexity index is 1430. The van der Waals surface area contributed by atoms with Crippen LogP contribution < -0.4 is 5.32 Å². The predicted octanol–water partition coefficient (Wildman–Crippen LogP) is 3.14. The van der Waals surface area contributed by atoms with Crippen LogP contribution in [0.5, 0.6) is 0 Å². The molecule has 0 unspecified atom stereocenters. The monoisotopic (exact) mass is 537 g/mol. The number of likely N-dealkylation sites (N-methyl/N-ethyl adjacent to an activating group) is 1. The summed E-state index contributed by atoms with van der Waals surface area (Å²) in [5, 5.41) is 2.62. The Morgan fingerprint density at radius 1 is 0.947 bits per heavy atom. The Labute approximate surface area is 221 Å². The van der Waals surface area contributed by atoms with Crippen LogP contribution in [0.4, 0.5) is 4.39 Å². The molecular weight excluding hydrogens is 509 g/mol. The molecule has 1 atom stereocenters. The highest BCUT2D eigenvalue weighted by atomic mass is 32.2. The Morgan fingerprint density at radius 3 is 2.26 bits per heavy atom. The topological polar surface area (TPSA) is 104 Å². The van der Waals surface area contributed by atoms with Crippen molar-refractivity contribution in [1.29, 1.82) is 0 Å². The third-order valence-corrected chi connectivity index (χ3v) is 8.29. The number of sulfonamides is 1. The van der Waals surface area contributed by atoms with E-state index in [1.807, 2.05) is 30.3 Å². The molecule has 8 nitrogen and oxygen atoms in total. The molecule has 10 heteroatoms. The number of halogens is 1. The van der Waals surface area contributed by atoms with Crippen molar-refractivity contribution in [2.24, 2.45) is 0 Å². The van der Waals surface area contributed by atoms with Crippen molar-refractivity contribution < 1.29 is 27.2 Å². The van der Waals surface area contributed by atoms with E-state index in [1.165, 1.54) is 36.2 Å². The SMILES string of the molecule is CNC(=O)[C@H](Cc1ccccc1)N(Cc1ccc(F)cc1)C(=O)CCCN1C(=O)c2ccccc2S1(=O)=O. The van der Waals surface area contributed by atoms with Crippen LogP contribution in [-0.4, -0.2) is 55.0 Å². The molecule has 1 N–H and O–H groups in total. The van der Waals surface area contributed by atoms with Gasteiger partial charge in [0.25, 0.3) is 15.9 Å². The van der Waals surface area contributed by atoms with Gasteiger partial charge in [0.2, 0.25) is 11.8 Å². The van der Waals surface area contributed by atoms with E-state index in [0.29, 0.717) is 5.56 Å². The summed E-state index contributed by atoms with van der Waals surface area (Å²) in [7, 11) is -2.49. The second-order valence-electron chi connectivity index (χ2n) is 8.95. The van der Waals surface area contributed by atoms with E-state index < -0.39 is 27.8 Å². The number of nitrogens with zero attached hydrogens (tertiary/aromatic N) is 2. The number of benzene rings is 3. The lowest BCUT2D eigenvalue weighted by Gasteiger charge is -2.31. The van der Waals surface area contributed by atoms with Gasteiger partial charge in [0.05, 0.1) is 5.56 Å². The molecule has 0 aliphatic carbocycles. The average molecular weight is 538 g/mol. The minimum Gasteiger partial charge on any atom is -0.357 e. The molecule has 0 saturated carbocycles. The summed E-state index contributed by atoms with van der Waals surface area (Å²) in [6, 6.07) is 20.0.